The van der Waals surface area contributed by atoms with Gasteiger partial charge in [-0.25, -0.2) is 9.79 Å². The van der Waals surface area contributed by atoms with E-state index in [9.17, 15) is 4.79 Å². The number of carbonyl (C=O) groups is 1. The Balaban J connectivity index is 1.62. The highest BCUT2D eigenvalue weighted by atomic mass is 79.9. The standard InChI is InChI=1S/C23H15BrClNO3/c24-18-8-11-21(28-14-15-4-2-1-3-5-15)17(12-18)13-20-23(27)29-22(26-20)16-6-9-19(25)10-7-16/h1-13H,14H2/b20-13+. The first-order chi connectivity index (χ1) is 14.1. The highest BCUT2D eigenvalue weighted by molar-refractivity contribution is 9.10. The lowest BCUT2D eigenvalue weighted by atomic mass is 10.1. The first-order valence-electron chi connectivity index (χ1n) is 8.83. The second kappa shape index (κ2) is 8.64. The number of ether oxygens (including phenoxy) is 2. The van der Waals surface area contributed by atoms with Gasteiger partial charge in [-0.2, -0.15) is 0 Å². The molecule has 0 saturated carbocycles. The number of nitrogens with zero attached hydrogens (tertiary/aromatic N) is 1. The van der Waals surface area contributed by atoms with Gasteiger partial charge in [-0.3, -0.25) is 0 Å². The topological polar surface area (TPSA) is 47.9 Å². The maximum atomic E-state index is 12.3. The molecule has 1 heterocycles. The fourth-order valence-corrected chi connectivity index (χ4v) is 3.28. The van der Waals surface area contributed by atoms with Gasteiger partial charge in [-0.1, -0.05) is 57.9 Å². The maximum absolute atomic E-state index is 12.3. The lowest BCUT2D eigenvalue weighted by Crippen LogP contribution is -2.05. The van der Waals surface area contributed by atoms with Gasteiger partial charge in [0.05, 0.1) is 0 Å². The Bertz CT molecular complexity index is 1110. The zero-order chi connectivity index (χ0) is 20.2. The molecule has 0 N–H and O–H groups in total. The average molecular weight is 469 g/mol. The van der Waals surface area contributed by atoms with Crippen molar-refractivity contribution in [2.45, 2.75) is 6.61 Å². The molecule has 0 aliphatic carbocycles. The number of rotatable bonds is 5. The lowest BCUT2D eigenvalue weighted by Gasteiger charge is -2.10. The van der Waals surface area contributed by atoms with Gasteiger partial charge in [0.1, 0.15) is 12.4 Å². The first kappa shape index (κ1) is 19.4. The Labute approximate surface area is 181 Å². The second-order valence-electron chi connectivity index (χ2n) is 6.30. The Kier molecular flexibility index (Phi) is 5.79. The molecule has 29 heavy (non-hydrogen) atoms. The summed E-state index contributed by atoms with van der Waals surface area (Å²) in [6, 6.07) is 22.4. The van der Waals surface area contributed by atoms with Crippen LogP contribution in [0.5, 0.6) is 5.75 Å². The molecule has 3 aromatic rings. The number of halogens is 2. The van der Waals surface area contributed by atoms with E-state index in [1.165, 1.54) is 0 Å². The number of carbonyl (C=O) groups excluding carboxylic acids is 1. The molecular formula is C23H15BrClNO3. The van der Waals surface area contributed by atoms with Gasteiger partial charge < -0.3 is 9.47 Å². The summed E-state index contributed by atoms with van der Waals surface area (Å²) in [5.41, 5.74) is 2.67. The molecule has 0 saturated heterocycles. The quantitative estimate of drug-likeness (QED) is 0.339. The van der Waals surface area contributed by atoms with Gasteiger partial charge in [0, 0.05) is 20.6 Å². The third kappa shape index (κ3) is 4.75. The summed E-state index contributed by atoms with van der Waals surface area (Å²) < 4.78 is 12.2. The van der Waals surface area contributed by atoms with Crippen LogP contribution >= 0.6 is 27.5 Å². The maximum Gasteiger partial charge on any atom is 0.363 e. The van der Waals surface area contributed by atoms with E-state index >= 15 is 0 Å². The van der Waals surface area contributed by atoms with Crippen molar-refractivity contribution in [2.24, 2.45) is 4.99 Å². The minimum absolute atomic E-state index is 0.206. The zero-order valence-electron chi connectivity index (χ0n) is 15.1. The van der Waals surface area contributed by atoms with Crippen LogP contribution < -0.4 is 4.74 Å². The van der Waals surface area contributed by atoms with Crippen molar-refractivity contribution < 1.29 is 14.3 Å². The van der Waals surface area contributed by atoms with E-state index in [2.05, 4.69) is 20.9 Å². The number of cyclic esters (lactones) is 1. The van der Waals surface area contributed by atoms with Crippen LogP contribution in [0, 0.1) is 0 Å². The SMILES string of the molecule is O=C1OC(c2ccc(Cl)cc2)=N/C1=C/c1cc(Br)ccc1OCc1ccccc1. The third-order valence-electron chi connectivity index (χ3n) is 4.21. The van der Waals surface area contributed by atoms with E-state index in [4.69, 9.17) is 21.1 Å². The van der Waals surface area contributed by atoms with Crippen LogP contribution in [-0.2, 0) is 16.1 Å². The van der Waals surface area contributed by atoms with Crippen LogP contribution in [0.4, 0.5) is 0 Å². The van der Waals surface area contributed by atoms with Gasteiger partial charge in [0.15, 0.2) is 5.70 Å². The summed E-state index contributed by atoms with van der Waals surface area (Å²) >= 11 is 9.37. The highest BCUT2D eigenvalue weighted by Gasteiger charge is 2.24. The molecule has 0 amide bonds. The molecule has 0 fully saturated rings. The minimum atomic E-state index is -0.510. The lowest BCUT2D eigenvalue weighted by molar-refractivity contribution is -0.129. The van der Waals surface area contributed by atoms with Crippen molar-refractivity contribution >= 4 is 45.5 Å². The molecule has 0 unspecified atom stereocenters. The summed E-state index contributed by atoms with van der Waals surface area (Å²) in [4.78, 5) is 16.7. The molecule has 0 bridgehead atoms. The van der Waals surface area contributed by atoms with Gasteiger partial charge >= 0.3 is 5.97 Å². The van der Waals surface area contributed by atoms with Crippen LogP contribution in [0.3, 0.4) is 0 Å². The molecule has 0 radical (unpaired) electrons. The van der Waals surface area contributed by atoms with E-state index in [-0.39, 0.29) is 11.6 Å². The van der Waals surface area contributed by atoms with E-state index < -0.39 is 5.97 Å². The molecule has 4 rings (SSSR count). The summed E-state index contributed by atoms with van der Waals surface area (Å²) in [7, 11) is 0. The number of aliphatic imine (C=N–C) groups is 1. The first-order valence-corrected chi connectivity index (χ1v) is 10.0. The minimum Gasteiger partial charge on any atom is -0.488 e. The van der Waals surface area contributed by atoms with Gasteiger partial charge in [-0.05, 0) is 54.1 Å². The van der Waals surface area contributed by atoms with Crippen LogP contribution in [0.1, 0.15) is 16.7 Å². The molecule has 6 heteroatoms. The predicted molar refractivity (Wildman–Crippen MR) is 117 cm³/mol. The van der Waals surface area contributed by atoms with Crippen molar-refractivity contribution in [3.63, 3.8) is 0 Å². The fraction of sp³-hybridized carbons (Fsp3) is 0.0435. The molecule has 4 nitrogen and oxygen atoms in total. The van der Waals surface area contributed by atoms with Crippen molar-refractivity contribution in [2.75, 3.05) is 0 Å². The zero-order valence-corrected chi connectivity index (χ0v) is 17.5. The normalized spacial score (nSPS) is 14.6. The Hall–Kier alpha value is -2.89. The fourth-order valence-electron chi connectivity index (χ4n) is 2.77. The number of benzene rings is 3. The molecule has 0 aromatic heterocycles. The predicted octanol–water partition coefficient (Wildman–Crippen LogP) is 6.03. The van der Waals surface area contributed by atoms with Crippen LogP contribution in [0.15, 0.2) is 88.0 Å². The summed E-state index contributed by atoms with van der Waals surface area (Å²) in [5, 5.41) is 0.601. The van der Waals surface area contributed by atoms with Gasteiger partial charge in [0.2, 0.25) is 5.90 Å². The van der Waals surface area contributed by atoms with E-state index in [0.29, 0.717) is 22.9 Å². The number of esters is 1. The Morgan fingerprint density at radius 2 is 1.79 bits per heavy atom. The Morgan fingerprint density at radius 3 is 2.55 bits per heavy atom. The summed E-state index contributed by atoms with van der Waals surface area (Å²) in [6.07, 6.45) is 1.66. The monoisotopic (exact) mass is 467 g/mol. The second-order valence-corrected chi connectivity index (χ2v) is 7.65. The average Bonchev–Trinajstić information content (AvgIpc) is 3.09. The summed E-state index contributed by atoms with van der Waals surface area (Å²) in [5.74, 6) is 0.385. The molecule has 1 aliphatic heterocycles. The molecule has 0 atom stereocenters. The van der Waals surface area contributed by atoms with Crippen LogP contribution in [-0.4, -0.2) is 11.9 Å². The number of hydrogen-bond acceptors (Lipinski definition) is 4. The Morgan fingerprint density at radius 1 is 1.03 bits per heavy atom. The van der Waals surface area contributed by atoms with Gasteiger partial charge in [-0.15, -0.1) is 0 Å². The van der Waals surface area contributed by atoms with Crippen LogP contribution in [0.25, 0.3) is 6.08 Å². The third-order valence-corrected chi connectivity index (χ3v) is 4.96. The summed E-state index contributed by atoms with van der Waals surface area (Å²) in [6.45, 7) is 0.419. The van der Waals surface area contributed by atoms with Crippen molar-refractivity contribution in [3.05, 3.63) is 105 Å². The van der Waals surface area contributed by atoms with E-state index in [1.54, 1.807) is 30.3 Å². The molecule has 144 valence electrons. The highest BCUT2D eigenvalue weighted by Crippen LogP contribution is 2.28. The van der Waals surface area contributed by atoms with Crippen molar-refractivity contribution in [1.82, 2.24) is 0 Å². The largest absolute Gasteiger partial charge is 0.488 e. The molecule has 1 aliphatic rings. The van der Waals surface area contributed by atoms with E-state index in [1.807, 2.05) is 48.5 Å². The smallest absolute Gasteiger partial charge is 0.363 e. The van der Waals surface area contributed by atoms with Crippen molar-refractivity contribution in [3.8, 4) is 5.75 Å². The van der Waals surface area contributed by atoms with E-state index in [0.717, 1.165) is 15.6 Å². The number of hydrogen-bond donors (Lipinski definition) is 0. The van der Waals surface area contributed by atoms with Crippen molar-refractivity contribution in [1.29, 1.82) is 0 Å². The van der Waals surface area contributed by atoms with Crippen LogP contribution in [0.2, 0.25) is 5.02 Å². The molecule has 3 aromatic carbocycles. The molecular weight excluding hydrogens is 454 g/mol. The van der Waals surface area contributed by atoms with Gasteiger partial charge in [0.25, 0.3) is 0 Å². The molecule has 0 spiro atoms.